The topological polar surface area (TPSA) is 108 Å². The Balaban J connectivity index is 1.43. The van der Waals surface area contributed by atoms with Gasteiger partial charge in [-0.15, -0.1) is 11.3 Å². The standard InChI is InChI=1S/C36H48N8O4S/c1-24(26-12-11-17-42(26)9)47-33-39-25(22-29(40-33)43-18-20-44(21-19-43)34(46)48-35(2,3)4)27(45)14-16-36(5)15-10-13-28-30(36)31(37-6)32(49-28)38-23-41(7)8/h22-24,26H,10-13,15,17-21H2,1-5,7-9H3/b38-23+/t24-,26-,36+/m0/s1. The van der Waals surface area contributed by atoms with Crippen molar-refractivity contribution in [3.8, 4) is 17.9 Å². The van der Waals surface area contributed by atoms with Crippen LogP contribution in [-0.4, -0.2) is 114 Å². The summed E-state index contributed by atoms with van der Waals surface area (Å²) in [7, 11) is 5.87. The van der Waals surface area contributed by atoms with Gasteiger partial charge in [-0.05, 0) is 96.7 Å². The van der Waals surface area contributed by atoms with Gasteiger partial charge in [-0.25, -0.2) is 14.6 Å². The van der Waals surface area contributed by atoms with E-state index in [9.17, 15) is 9.59 Å². The van der Waals surface area contributed by atoms with Crippen molar-refractivity contribution < 1.29 is 19.1 Å². The van der Waals surface area contributed by atoms with Gasteiger partial charge in [-0.2, -0.15) is 9.97 Å². The minimum Gasteiger partial charge on any atom is -0.459 e. The first-order valence-electron chi connectivity index (χ1n) is 17.0. The number of likely N-dealkylation sites (N-methyl/N-ethyl adjacent to an activating group) is 1. The van der Waals surface area contributed by atoms with Crippen molar-refractivity contribution in [3.05, 3.63) is 33.6 Å². The fourth-order valence-corrected chi connectivity index (χ4v) is 7.88. The van der Waals surface area contributed by atoms with Gasteiger partial charge in [-0.3, -0.25) is 9.69 Å². The second kappa shape index (κ2) is 14.7. The van der Waals surface area contributed by atoms with E-state index >= 15 is 0 Å². The lowest BCUT2D eigenvalue weighted by Gasteiger charge is -2.36. The zero-order chi connectivity index (χ0) is 35.5. The van der Waals surface area contributed by atoms with E-state index in [1.54, 1.807) is 17.3 Å². The summed E-state index contributed by atoms with van der Waals surface area (Å²) in [4.78, 5) is 53.2. The highest BCUT2D eigenvalue weighted by atomic mass is 32.1. The van der Waals surface area contributed by atoms with Crippen LogP contribution in [0.5, 0.6) is 6.01 Å². The molecule has 262 valence electrons. The van der Waals surface area contributed by atoms with Crippen molar-refractivity contribution >= 4 is 46.1 Å². The van der Waals surface area contributed by atoms with Gasteiger partial charge in [-0.1, -0.05) is 5.92 Å². The number of carbonyl (C=O) groups excluding carboxylic acids is 2. The molecule has 1 aliphatic carbocycles. The van der Waals surface area contributed by atoms with E-state index in [0.717, 1.165) is 49.1 Å². The van der Waals surface area contributed by atoms with Gasteiger partial charge in [0.25, 0.3) is 5.78 Å². The van der Waals surface area contributed by atoms with Gasteiger partial charge in [0.05, 0.1) is 12.9 Å². The Kier molecular flexibility index (Phi) is 10.9. The van der Waals surface area contributed by atoms with Crippen molar-refractivity contribution in [1.82, 2.24) is 24.7 Å². The molecule has 0 aromatic carbocycles. The molecule has 2 saturated heterocycles. The maximum absolute atomic E-state index is 13.8. The number of rotatable bonds is 7. The predicted octanol–water partition coefficient (Wildman–Crippen LogP) is 5.71. The summed E-state index contributed by atoms with van der Waals surface area (Å²) >= 11 is 1.53. The molecule has 2 fully saturated rings. The summed E-state index contributed by atoms with van der Waals surface area (Å²) in [5, 5.41) is 0.672. The van der Waals surface area contributed by atoms with Crippen LogP contribution in [-0.2, 0) is 16.6 Å². The first kappa shape index (κ1) is 36.1. The monoisotopic (exact) mass is 688 g/mol. The van der Waals surface area contributed by atoms with Crippen LogP contribution in [0, 0.1) is 18.4 Å². The molecule has 49 heavy (non-hydrogen) atoms. The molecule has 0 radical (unpaired) electrons. The number of ketones is 1. The second-order valence-electron chi connectivity index (χ2n) is 14.5. The number of Topliss-reactive ketones (excluding diaryl/α,β-unsaturated/α-hetero) is 1. The summed E-state index contributed by atoms with van der Waals surface area (Å²) < 4.78 is 11.9. The number of aliphatic imine (C=N–C) groups is 1. The normalized spacial score (nSPS) is 21.8. The summed E-state index contributed by atoms with van der Waals surface area (Å²) in [5.41, 5.74) is 0.293. The van der Waals surface area contributed by atoms with E-state index in [0.29, 0.717) is 42.7 Å². The summed E-state index contributed by atoms with van der Waals surface area (Å²) in [5.74, 6) is 6.29. The number of amides is 1. The molecular weight excluding hydrogens is 641 g/mol. The van der Waals surface area contributed by atoms with E-state index in [2.05, 4.69) is 38.6 Å². The van der Waals surface area contributed by atoms with Crippen molar-refractivity contribution in [2.45, 2.75) is 89.9 Å². The molecule has 0 unspecified atom stereocenters. The number of likely N-dealkylation sites (tertiary alicyclic amines) is 1. The van der Waals surface area contributed by atoms with Crippen molar-refractivity contribution in [2.75, 3.05) is 58.8 Å². The highest BCUT2D eigenvalue weighted by Crippen LogP contribution is 2.52. The number of aryl methyl sites for hydroxylation is 1. The fourth-order valence-electron chi connectivity index (χ4n) is 6.63. The maximum atomic E-state index is 13.8. The van der Waals surface area contributed by atoms with Gasteiger partial charge in [0.15, 0.2) is 0 Å². The Morgan fingerprint density at radius 1 is 1.20 bits per heavy atom. The number of nitrogens with zero attached hydrogens (tertiary/aromatic N) is 8. The highest BCUT2D eigenvalue weighted by Gasteiger charge is 2.37. The lowest BCUT2D eigenvalue weighted by molar-refractivity contribution is 0.0240. The van der Waals surface area contributed by atoms with Crippen LogP contribution in [0.25, 0.3) is 4.85 Å². The molecule has 4 heterocycles. The molecule has 0 N–H and O–H groups in total. The number of fused-ring (bicyclic) bond motifs is 1. The van der Waals surface area contributed by atoms with E-state index in [1.165, 1.54) is 11.3 Å². The average molecular weight is 689 g/mol. The molecule has 0 spiro atoms. The van der Waals surface area contributed by atoms with Crippen LogP contribution in [0.2, 0.25) is 0 Å². The summed E-state index contributed by atoms with van der Waals surface area (Å²) in [6.45, 7) is 20.5. The van der Waals surface area contributed by atoms with Crippen molar-refractivity contribution in [2.24, 2.45) is 4.99 Å². The molecule has 0 saturated carbocycles. The fraction of sp³-hybridized carbons (Fsp3) is 0.611. The van der Waals surface area contributed by atoms with Gasteiger partial charge in [0.2, 0.25) is 5.69 Å². The minimum atomic E-state index is -0.680. The molecule has 2 aliphatic heterocycles. The molecule has 2 aromatic heterocycles. The average Bonchev–Trinajstić information content (AvgIpc) is 3.65. The lowest BCUT2D eigenvalue weighted by Crippen LogP contribution is -2.50. The quantitative estimate of drug-likeness (QED) is 0.0903. The SMILES string of the molecule is [C-]#[N+]c1c(/N=C/N(C)C)sc2c1[C@@](C)(C#CC(=O)c1cc(N3CCN(C(=O)OC(C)(C)C)CC3)nc(O[C@@H](C)[C@@H]3CCCN3C)n1)CCC2. The summed E-state index contributed by atoms with van der Waals surface area (Å²) in [6, 6.07) is 2.02. The van der Waals surface area contributed by atoms with Crippen LogP contribution >= 0.6 is 11.3 Å². The first-order chi connectivity index (χ1) is 23.2. The van der Waals surface area contributed by atoms with Crippen molar-refractivity contribution in [3.63, 3.8) is 0 Å². The van der Waals surface area contributed by atoms with Crippen molar-refractivity contribution in [1.29, 1.82) is 0 Å². The number of aromatic nitrogens is 2. The molecule has 3 aliphatic rings. The molecule has 12 nitrogen and oxygen atoms in total. The lowest BCUT2D eigenvalue weighted by atomic mass is 9.74. The number of anilines is 1. The number of carbonyl (C=O) groups is 2. The molecule has 1 amide bonds. The molecule has 3 atom stereocenters. The van der Waals surface area contributed by atoms with Crippen LogP contribution in [0.4, 0.5) is 21.3 Å². The third-order valence-electron chi connectivity index (χ3n) is 9.13. The van der Waals surface area contributed by atoms with Crippen LogP contribution in [0.15, 0.2) is 11.1 Å². The van der Waals surface area contributed by atoms with Gasteiger partial charge in [0.1, 0.15) is 28.2 Å². The largest absolute Gasteiger partial charge is 0.459 e. The Morgan fingerprint density at radius 2 is 1.94 bits per heavy atom. The van der Waals surface area contributed by atoms with E-state index in [4.69, 9.17) is 21.0 Å². The van der Waals surface area contributed by atoms with E-state index < -0.39 is 16.8 Å². The Hall–Kier alpha value is -4.20. The van der Waals surface area contributed by atoms with Gasteiger partial charge < -0.3 is 24.2 Å². The number of ether oxygens (including phenoxy) is 2. The van der Waals surface area contributed by atoms with Crippen LogP contribution < -0.4 is 9.64 Å². The predicted molar refractivity (Wildman–Crippen MR) is 193 cm³/mol. The van der Waals surface area contributed by atoms with E-state index in [1.807, 2.05) is 58.5 Å². The highest BCUT2D eigenvalue weighted by molar-refractivity contribution is 7.16. The minimum absolute atomic E-state index is 0.132. The second-order valence-corrected chi connectivity index (χ2v) is 15.6. The Labute approximate surface area is 294 Å². The summed E-state index contributed by atoms with van der Waals surface area (Å²) in [6.07, 6.45) is 5.77. The number of hydrogen-bond donors (Lipinski definition) is 0. The Bertz CT molecular complexity index is 1690. The zero-order valence-electron chi connectivity index (χ0n) is 30.0. The molecule has 13 heteroatoms. The molecule has 2 aromatic rings. The van der Waals surface area contributed by atoms with Gasteiger partial charge in [0, 0.05) is 57.8 Å². The molecule has 5 rings (SSSR count). The zero-order valence-corrected chi connectivity index (χ0v) is 30.8. The third kappa shape index (κ3) is 8.52. The molecular formula is C36H48N8O4S. The first-order valence-corrected chi connectivity index (χ1v) is 17.8. The van der Waals surface area contributed by atoms with Crippen LogP contribution in [0.3, 0.4) is 0 Å². The third-order valence-corrected chi connectivity index (χ3v) is 10.3. The Morgan fingerprint density at radius 3 is 2.57 bits per heavy atom. The maximum Gasteiger partial charge on any atom is 0.410 e. The van der Waals surface area contributed by atoms with E-state index in [-0.39, 0.29) is 29.9 Å². The van der Waals surface area contributed by atoms with Gasteiger partial charge >= 0.3 is 12.1 Å². The number of piperazine rings is 1. The smallest absolute Gasteiger partial charge is 0.410 e. The number of thiophene rings is 1. The van der Waals surface area contributed by atoms with Crippen LogP contribution in [0.1, 0.15) is 81.2 Å². The molecule has 0 bridgehead atoms. The number of hydrogen-bond acceptors (Lipinski definition) is 10.